The number of aliphatic hydroxyl groups excluding tert-OH is 1. The fraction of sp³-hybridized carbons (Fsp3) is 0.571. The van der Waals surface area contributed by atoms with Crippen LogP contribution in [-0.4, -0.2) is 16.3 Å². The molecule has 0 heterocycles. The summed E-state index contributed by atoms with van der Waals surface area (Å²) in [6.07, 6.45) is 2.23. The van der Waals surface area contributed by atoms with Crippen molar-refractivity contribution in [1.29, 1.82) is 0 Å². The van der Waals surface area contributed by atoms with Gasteiger partial charge in [-0.3, -0.25) is 0 Å². The van der Waals surface area contributed by atoms with Crippen molar-refractivity contribution in [3.63, 3.8) is 0 Å². The summed E-state index contributed by atoms with van der Waals surface area (Å²) in [5, 5.41) is 19.7. The summed E-state index contributed by atoms with van der Waals surface area (Å²) in [4.78, 5) is 0. The van der Waals surface area contributed by atoms with Gasteiger partial charge in [0.1, 0.15) is 5.75 Å². The summed E-state index contributed by atoms with van der Waals surface area (Å²) in [6, 6.07) is 3.32. The molecule has 0 aliphatic carbocycles. The van der Waals surface area contributed by atoms with Crippen molar-refractivity contribution in [1.82, 2.24) is 0 Å². The maximum atomic E-state index is 9.97. The zero-order chi connectivity index (χ0) is 13.0. The van der Waals surface area contributed by atoms with Crippen LogP contribution in [0.1, 0.15) is 48.9 Å². The Bertz CT molecular complexity index is 359. The molecule has 0 fully saturated rings. The molecule has 0 radical (unpaired) electrons. The Balaban J connectivity index is 0.00000289. The fourth-order valence-corrected chi connectivity index (χ4v) is 2.00. The van der Waals surface area contributed by atoms with Gasteiger partial charge in [-0.25, -0.2) is 0 Å². The van der Waals surface area contributed by atoms with E-state index in [1.807, 2.05) is 26.0 Å². The van der Waals surface area contributed by atoms with Crippen LogP contribution < -0.4 is 5.73 Å². The Morgan fingerprint density at radius 1 is 1.22 bits per heavy atom. The second kappa shape index (κ2) is 7.62. The van der Waals surface area contributed by atoms with E-state index in [1.54, 1.807) is 0 Å². The molecule has 0 bridgehead atoms. The maximum absolute atomic E-state index is 9.97. The molecule has 18 heavy (non-hydrogen) atoms. The molecule has 0 aromatic heterocycles. The molecular weight excluding hydrogens is 250 g/mol. The molecule has 2 atom stereocenters. The number of nitrogens with two attached hydrogens (primary N) is 1. The molecular formula is C14H24ClNO2. The van der Waals surface area contributed by atoms with Crippen LogP contribution in [0.5, 0.6) is 5.75 Å². The van der Waals surface area contributed by atoms with E-state index >= 15 is 0 Å². The van der Waals surface area contributed by atoms with Crippen molar-refractivity contribution in [3.8, 4) is 5.75 Å². The Kier molecular flexibility index (Phi) is 7.29. The number of hydrogen-bond donors (Lipinski definition) is 3. The summed E-state index contributed by atoms with van der Waals surface area (Å²) in [7, 11) is 0. The highest BCUT2D eigenvalue weighted by atomic mass is 35.5. The third kappa shape index (κ3) is 4.16. The first-order valence-electron chi connectivity index (χ1n) is 6.21. The highest BCUT2D eigenvalue weighted by Crippen LogP contribution is 2.27. The third-order valence-electron chi connectivity index (χ3n) is 3.17. The van der Waals surface area contributed by atoms with Gasteiger partial charge in [-0.05, 0) is 37.0 Å². The Morgan fingerprint density at radius 2 is 1.72 bits per heavy atom. The Morgan fingerprint density at radius 3 is 2.17 bits per heavy atom. The number of aromatic hydroxyl groups is 1. The quantitative estimate of drug-likeness (QED) is 0.773. The number of halogens is 1. The Labute approximate surface area is 115 Å². The van der Waals surface area contributed by atoms with E-state index < -0.39 is 6.10 Å². The average molecular weight is 274 g/mol. The fourth-order valence-electron chi connectivity index (χ4n) is 2.00. The van der Waals surface area contributed by atoms with E-state index in [4.69, 9.17) is 5.73 Å². The lowest BCUT2D eigenvalue weighted by atomic mass is 9.95. The standard InChI is InChI=1S/C14H23NO2.ClH/c1-4-5-6-12(16)13(15)11-7-9(2)14(17)10(3)8-11;/h7-8,12-13,16-17H,4-6,15H2,1-3H3;1H/t12-,13+;/m0./s1. The number of unbranched alkanes of at least 4 members (excludes halogenated alkanes) is 1. The van der Waals surface area contributed by atoms with Crippen molar-refractivity contribution < 1.29 is 10.2 Å². The van der Waals surface area contributed by atoms with Crippen molar-refractivity contribution in [2.45, 2.75) is 52.2 Å². The molecule has 0 aliphatic rings. The number of aliphatic hydroxyl groups is 1. The lowest BCUT2D eigenvalue weighted by Crippen LogP contribution is -2.26. The van der Waals surface area contributed by atoms with Crippen LogP contribution in [-0.2, 0) is 0 Å². The highest BCUT2D eigenvalue weighted by molar-refractivity contribution is 5.85. The van der Waals surface area contributed by atoms with Gasteiger partial charge >= 0.3 is 0 Å². The van der Waals surface area contributed by atoms with Crippen LogP contribution in [0, 0.1) is 13.8 Å². The molecule has 4 heteroatoms. The van der Waals surface area contributed by atoms with Gasteiger partial charge in [0.25, 0.3) is 0 Å². The van der Waals surface area contributed by atoms with Crippen LogP contribution in [0.2, 0.25) is 0 Å². The number of benzene rings is 1. The van der Waals surface area contributed by atoms with Gasteiger partial charge < -0.3 is 15.9 Å². The van der Waals surface area contributed by atoms with E-state index in [2.05, 4.69) is 6.92 Å². The molecule has 0 unspecified atom stereocenters. The molecule has 1 aromatic rings. The first-order chi connectivity index (χ1) is 7.97. The lowest BCUT2D eigenvalue weighted by Gasteiger charge is -2.20. The number of rotatable bonds is 5. The summed E-state index contributed by atoms with van der Waals surface area (Å²) in [6.45, 7) is 5.78. The average Bonchev–Trinajstić information content (AvgIpc) is 2.31. The first kappa shape index (κ1) is 17.2. The van der Waals surface area contributed by atoms with Gasteiger partial charge in [0.2, 0.25) is 0 Å². The van der Waals surface area contributed by atoms with Crippen LogP contribution in [0.15, 0.2) is 12.1 Å². The summed E-state index contributed by atoms with van der Waals surface area (Å²) < 4.78 is 0. The van der Waals surface area contributed by atoms with Crippen LogP contribution in [0.4, 0.5) is 0 Å². The second-order valence-corrected chi connectivity index (χ2v) is 4.74. The minimum absolute atomic E-state index is 0. The number of phenolic OH excluding ortho intramolecular Hbond substituents is 1. The van der Waals surface area contributed by atoms with Crippen molar-refractivity contribution in [2.24, 2.45) is 5.73 Å². The minimum atomic E-state index is -0.515. The zero-order valence-corrected chi connectivity index (χ0v) is 12.1. The third-order valence-corrected chi connectivity index (χ3v) is 3.17. The van der Waals surface area contributed by atoms with Gasteiger partial charge in [-0.2, -0.15) is 0 Å². The van der Waals surface area contributed by atoms with Crippen molar-refractivity contribution in [3.05, 3.63) is 28.8 Å². The van der Waals surface area contributed by atoms with Crippen LogP contribution in [0.3, 0.4) is 0 Å². The van der Waals surface area contributed by atoms with E-state index in [1.165, 1.54) is 0 Å². The molecule has 0 spiro atoms. The molecule has 3 nitrogen and oxygen atoms in total. The van der Waals surface area contributed by atoms with E-state index in [0.29, 0.717) is 5.75 Å². The molecule has 0 saturated carbocycles. The van der Waals surface area contributed by atoms with Gasteiger partial charge in [0, 0.05) is 0 Å². The number of phenols is 1. The first-order valence-corrected chi connectivity index (χ1v) is 6.21. The van der Waals surface area contributed by atoms with Gasteiger partial charge in [-0.15, -0.1) is 12.4 Å². The summed E-state index contributed by atoms with van der Waals surface area (Å²) in [5.74, 6) is 0.309. The molecule has 0 amide bonds. The van der Waals surface area contributed by atoms with Gasteiger partial charge in [0.15, 0.2) is 0 Å². The van der Waals surface area contributed by atoms with Crippen molar-refractivity contribution >= 4 is 12.4 Å². The molecule has 0 aliphatic heterocycles. The minimum Gasteiger partial charge on any atom is -0.507 e. The number of hydrogen-bond acceptors (Lipinski definition) is 3. The van der Waals surface area contributed by atoms with E-state index in [9.17, 15) is 10.2 Å². The highest BCUT2D eigenvalue weighted by Gasteiger charge is 2.17. The monoisotopic (exact) mass is 273 g/mol. The van der Waals surface area contributed by atoms with Crippen LogP contribution >= 0.6 is 12.4 Å². The molecule has 1 aromatic carbocycles. The normalized spacial score (nSPS) is 13.8. The smallest absolute Gasteiger partial charge is 0.121 e. The summed E-state index contributed by atoms with van der Waals surface area (Å²) >= 11 is 0. The predicted molar refractivity (Wildman–Crippen MR) is 77.3 cm³/mol. The largest absolute Gasteiger partial charge is 0.507 e. The van der Waals surface area contributed by atoms with Crippen LogP contribution in [0.25, 0.3) is 0 Å². The lowest BCUT2D eigenvalue weighted by molar-refractivity contribution is 0.132. The zero-order valence-electron chi connectivity index (χ0n) is 11.3. The van der Waals surface area contributed by atoms with E-state index in [-0.39, 0.29) is 18.4 Å². The summed E-state index contributed by atoms with van der Waals surface area (Å²) in [5.41, 5.74) is 8.53. The molecule has 4 N–H and O–H groups in total. The van der Waals surface area contributed by atoms with Crippen molar-refractivity contribution in [2.75, 3.05) is 0 Å². The van der Waals surface area contributed by atoms with Gasteiger partial charge in [-0.1, -0.05) is 31.9 Å². The number of aryl methyl sites for hydroxylation is 2. The SMILES string of the molecule is CCCC[C@H](O)[C@H](N)c1cc(C)c(O)c(C)c1.Cl. The topological polar surface area (TPSA) is 66.5 Å². The molecule has 104 valence electrons. The van der Waals surface area contributed by atoms with E-state index in [0.717, 1.165) is 36.0 Å². The van der Waals surface area contributed by atoms with Gasteiger partial charge in [0.05, 0.1) is 12.1 Å². The maximum Gasteiger partial charge on any atom is 0.121 e. The molecule has 1 rings (SSSR count). The second-order valence-electron chi connectivity index (χ2n) is 4.74. The Hall–Kier alpha value is -0.770. The molecule has 0 saturated heterocycles. The predicted octanol–water partition coefficient (Wildman–Crippen LogP) is 2.98.